The van der Waals surface area contributed by atoms with Crippen molar-refractivity contribution in [3.8, 4) is 0 Å². The first-order chi connectivity index (χ1) is 26.3. The topological polar surface area (TPSA) is 134 Å². The lowest BCUT2D eigenvalue weighted by Crippen LogP contribution is -2.29. The minimum atomic E-state index is -4.39. The molecule has 0 radical (unpaired) electrons. The van der Waals surface area contributed by atoms with Gasteiger partial charge in [0.1, 0.15) is 6.61 Å². The fraction of sp³-hybridized carbons (Fsp3) is 0.591. The molecule has 0 aliphatic carbocycles. The van der Waals surface area contributed by atoms with E-state index in [-0.39, 0.29) is 32.6 Å². The summed E-state index contributed by atoms with van der Waals surface area (Å²) in [6, 6.07) is 0. The maximum atomic E-state index is 12.5. The fourth-order valence-corrected chi connectivity index (χ4v) is 5.63. The molecule has 0 fully saturated rings. The number of carbonyl (C=O) groups is 2. The Morgan fingerprint density at radius 3 is 1.67 bits per heavy atom. The molecular formula is C44H72NO8P. The second kappa shape index (κ2) is 39.6. The fourth-order valence-electron chi connectivity index (χ4n) is 4.87. The molecule has 54 heavy (non-hydrogen) atoms. The van der Waals surface area contributed by atoms with Gasteiger partial charge >= 0.3 is 19.8 Å². The van der Waals surface area contributed by atoms with Crippen molar-refractivity contribution in [1.29, 1.82) is 0 Å². The Morgan fingerprint density at radius 2 is 1.06 bits per heavy atom. The molecule has 0 aliphatic rings. The van der Waals surface area contributed by atoms with Crippen molar-refractivity contribution in [1.82, 2.24) is 0 Å². The molecule has 0 amide bonds. The van der Waals surface area contributed by atoms with Crippen molar-refractivity contribution in [3.63, 3.8) is 0 Å². The predicted octanol–water partition coefficient (Wildman–Crippen LogP) is 11.4. The highest BCUT2D eigenvalue weighted by Gasteiger charge is 2.25. The van der Waals surface area contributed by atoms with Crippen molar-refractivity contribution < 1.29 is 37.6 Å². The highest BCUT2D eigenvalue weighted by molar-refractivity contribution is 7.47. The van der Waals surface area contributed by atoms with E-state index in [1.54, 1.807) is 0 Å². The number of carbonyl (C=O) groups excluding carboxylic acids is 2. The van der Waals surface area contributed by atoms with Crippen LogP contribution in [-0.2, 0) is 32.7 Å². The van der Waals surface area contributed by atoms with E-state index in [9.17, 15) is 19.0 Å². The van der Waals surface area contributed by atoms with E-state index in [0.29, 0.717) is 12.8 Å². The average Bonchev–Trinajstić information content (AvgIpc) is 3.16. The number of ether oxygens (including phenoxy) is 2. The quantitative estimate of drug-likeness (QED) is 0.0210. The standard InChI is InChI=1S/C44H72NO8P/c1-3-5-7-9-11-13-15-17-18-19-20-21-22-23-25-26-28-30-32-34-36-43(46)50-40-42(41-52-54(48,49)51-39-38-45)53-44(47)37-35-33-31-29-27-24-16-14-12-10-8-6-4-2/h5-8,10-14,16-18,20-21,24,27,42H,3-4,9,15,19,22-23,25-26,28-41,45H2,1-2H3,(H,48,49)/b7-5+,8-6+,12-10+,13-11+,16-14+,18-17+,21-20+,27-24+. The summed E-state index contributed by atoms with van der Waals surface area (Å²) in [5, 5.41) is 0. The SMILES string of the molecule is CC/C=C/C=C/C=C/C=C/CCCCCC(=O)OC(COC(=O)CCCCCCCCC/C=C/C/C=C/C/C=C/C/C=C/CC)COP(=O)(O)OCCN. The number of esters is 2. The summed E-state index contributed by atoms with van der Waals surface area (Å²) in [5.74, 6) is -0.899. The number of phosphoric acid groups is 1. The van der Waals surface area contributed by atoms with Gasteiger partial charge in [-0.15, -0.1) is 0 Å². The van der Waals surface area contributed by atoms with Crippen LogP contribution in [0.2, 0.25) is 0 Å². The third-order valence-corrected chi connectivity index (χ3v) is 8.79. The molecule has 9 nitrogen and oxygen atoms in total. The van der Waals surface area contributed by atoms with E-state index in [1.165, 1.54) is 19.3 Å². The lowest BCUT2D eigenvalue weighted by molar-refractivity contribution is -0.161. The van der Waals surface area contributed by atoms with Crippen LogP contribution in [0, 0.1) is 0 Å². The van der Waals surface area contributed by atoms with Gasteiger partial charge in [-0.1, -0.05) is 150 Å². The van der Waals surface area contributed by atoms with Crippen LogP contribution in [0.3, 0.4) is 0 Å². The summed E-state index contributed by atoms with van der Waals surface area (Å²) in [7, 11) is -4.39. The first kappa shape index (κ1) is 50.9. The van der Waals surface area contributed by atoms with Crippen molar-refractivity contribution in [2.24, 2.45) is 5.73 Å². The zero-order valence-electron chi connectivity index (χ0n) is 33.4. The highest BCUT2D eigenvalue weighted by Crippen LogP contribution is 2.43. The van der Waals surface area contributed by atoms with Crippen molar-refractivity contribution in [2.75, 3.05) is 26.4 Å². The Morgan fingerprint density at radius 1 is 0.574 bits per heavy atom. The molecule has 0 saturated heterocycles. The van der Waals surface area contributed by atoms with Gasteiger partial charge in [0.05, 0.1) is 13.2 Å². The Labute approximate surface area is 327 Å². The third-order valence-electron chi connectivity index (χ3n) is 7.81. The van der Waals surface area contributed by atoms with Gasteiger partial charge in [-0.3, -0.25) is 18.6 Å². The largest absolute Gasteiger partial charge is 0.472 e. The van der Waals surface area contributed by atoms with Crippen LogP contribution < -0.4 is 5.73 Å². The highest BCUT2D eigenvalue weighted by atomic mass is 31.2. The minimum absolute atomic E-state index is 0.0391. The van der Waals surface area contributed by atoms with Gasteiger partial charge in [-0.2, -0.15) is 0 Å². The van der Waals surface area contributed by atoms with E-state index < -0.39 is 32.5 Å². The van der Waals surface area contributed by atoms with E-state index in [1.807, 2.05) is 36.5 Å². The Kier molecular flexibility index (Phi) is 37.4. The lowest BCUT2D eigenvalue weighted by atomic mass is 10.1. The van der Waals surface area contributed by atoms with Crippen LogP contribution in [-0.4, -0.2) is 49.3 Å². The molecular weight excluding hydrogens is 701 g/mol. The summed E-state index contributed by atoms with van der Waals surface area (Å²) in [4.78, 5) is 34.8. The molecule has 0 aromatic rings. The minimum Gasteiger partial charge on any atom is -0.462 e. The summed E-state index contributed by atoms with van der Waals surface area (Å²) in [6.45, 7) is 3.38. The number of nitrogens with two attached hydrogens (primary N) is 1. The molecule has 3 N–H and O–H groups in total. The Bertz CT molecular complexity index is 1200. The van der Waals surface area contributed by atoms with Gasteiger partial charge in [-0.25, -0.2) is 4.57 Å². The summed E-state index contributed by atoms with van der Waals surface area (Å²) in [5.41, 5.74) is 5.33. The van der Waals surface area contributed by atoms with Crippen LogP contribution in [0.4, 0.5) is 0 Å². The summed E-state index contributed by atoms with van der Waals surface area (Å²) < 4.78 is 32.6. The first-order valence-corrected chi connectivity index (χ1v) is 21.8. The van der Waals surface area contributed by atoms with E-state index >= 15 is 0 Å². The van der Waals surface area contributed by atoms with Gasteiger partial charge in [0.15, 0.2) is 6.10 Å². The maximum Gasteiger partial charge on any atom is 0.472 e. The molecule has 10 heteroatoms. The van der Waals surface area contributed by atoms with Gasteiger partial charge in [0, 0.05) is 19.4 Å². The second-order valence-corrected chi connectivity index (χ2v) is 14.3. The van der Waals surface area contributed by atoms with E-state index in [4.69, 9.17) is 24.3 Å². The first-order valence-electron chi connectivity index (χ1n) is 20.3. The van der Waals surface area contributed by atoms with Gasteiger partial charge in [-0.05, 0) is 70.6 Å². The average molecular weight is 774 g/mol. The summed E-state index contributed by atoms with van der Waals surface area (Å²) in [6.07, 6.45) is 50.1. The van der Waals surface area contributed by atoms with Crippen LogP contribution in [0.15, 0.2) is 97.2 Å². The molecule has 0 bridgehead atoms. The molecule has 0 spiro atoms. The van der Waals surface area contributed by atoms with Gasteiger partial charge in [0.2, 0.25) is 0 Å². The Hall–Kier alpha value is -3.07. The number of allylic oxidation sites excluding steroid dienone is 16. The van der Waals surface area contributed by atoms with E-state index in [2.05, 4.69) is 74.6 Å². The summed E-state index contributed by atoms with van der Waals surface area (Å²) >= 11 is 0. The van der Waals surface area contributed by atoms with Crippen LogP contribution >= 0.6 is 7.82 Å². The zero-order valence-corrected chi connectivity index (χ0v) is 34.3. The maximum absolute atomic E-state index is 12.5. The molecule has 0 heterocycles. The predicted molar refractivity (Wildman–Crippen MR) is 224 cm³/mol. The molecule has 0 aliphatic heterocycles. The lowest BCUT2D eigenvalue weighted by Gasteiger charge is -2.19. The molecule has 2 atom stereocenters. The smallest absolute Gasteiger partial charge is 0.462 e. The zero-order chi connectivity index (χ0) is 39.6. The van der Waals surface area contributed by atoms with Crippen LogP contribution in [0.5, 0.6) is 0 Å². The van der Waals surface area contributed by atoms with Crippen molar-refractivity contribution in [3.05, 3.63) is 97.2 Å². The van der Waals surface area contributed by atoms with Crippen molar-refractivity contribution >= 4 is 19.8 Å². The number of hydrogen-bond donors (Lipinski definition) is 2. The molecule has 2 unspecified atom stereocenters. The van der Waals surface area contributed by atoms with Gasteiger partial charge in [0.25, 0.3) is 0 Å². The molecule has 0 saturated carbocycles. The normalized spacial score (nSPS) is 14.4. The number of phosphoric ester groups is 1. The Balaban J connectivity index is 4.25. The number of rotatable bonds is 36. The molecule has 306 valence electrons. The molecule has 0 rings (SSSR count). The van der Waals surface area contributed by atoms with Crippen molar-refractivity contribution in [2.45, 2.75) is 142 Å². The monoisotopic (exact) mass is 773 g/mol. The third kappa shape index (κ3) is 38.6. The van der Waals surface area contributed by atoms with Crippen LogP contribution in [0.1, 0.15) is 136 Å². The molecule has 0 aromatic heterocycles. The van der Waals surface area contributed by atoms with Gasteiger partial charge < -0.3 is 20.1 Å². The van der Waals surface area contributed by atoms with Crippen LogP contribution in [0.25, 0.3) is 0 Å². The molecule has 0 aromatic carbocycles. The van der Waals surface area contributed by atoms with E-state index in [0.717, 1.165) is 77.0 Å². The second-order valence-electron chi connectivity index (χ2n) is 12.8. The number of hydrogen-bond acceptors (Lipinski definition) is 8. The number of unbranched alkanes of at least 4 members (excludes halogenated alkanes) is 10.